The van der Waals surface area contributed by atoms with Crippen molar-refractivity contribution in [1.29, 1.82) is 0 Å². The molecule has 1 aromatic rings. The van der Waals surface area contributed by atoms with Crippen molar-refractivity contribution in [2.24, 2.45) is 29.6 Å². The summed E-state index contributed by atoms with van der Waals surface area (Å²) in [6.07, 6.45) is 5.88. The van der Waals surface area contributed by atoms with Gasteiger partial charge in [-0.05, 0) is 60.8 Å². The van der Waals surface area contributed by atoms with E-state index in [2.05, 4.69) is 42.1 Å². The van der Waals surface area contributed by atoms with Crippen LogP contribution in [-0.4, -0.2) is 29.9 Å². The molecule has 4 bridgehead atoms. The second-order valence-corrected chi connectivity index (χ2v) is 9.38. The Kier molecular flexibility index (Phi) is 3.68. The number of carbonyl (C=O) groups excluding carboxylic acids is 1. The van der Waals surface area contributed by atoms with Crippen molar-refractivity contribution in [2.75, 3.05) is 13.1 Å². The fourth-order valence-electron chi connectivity index (χ4n) is 6.98. The van der Waals surface area contributed by atoms with E-state index >= 15 is 0 Å². The molecule has 4 aliphatic carbocycles. The zero-order valence-corrected chi connectivity index (χ0v) is 15.6. The van der Waals surface area contributed by atoms with Crippen molar-refractivity contribution in [1.82, 2.24) is 4.90 Å². The second-order valence-electron chi connectivity index (χ2n) is 9.38. The lowest BCUT2D eigenvalue weighted by Crippen LogP contribution is -2.61. The molecule has 0 atom stereocenters. The molecule has 0 radical (unpaired) electrons. The van der Waals surface area contributed by atoms with E-state index in [0.717, 1.165) is 17.8 Å². The van der Waals surface area contributed by atoms with Gasteiger partial charge >= 0.3 is 0 Å². The summed E-state index contributed by atoms with van der Waals surface area (Å²) in [6.45, 7) is 10.9. The first-order valence-electron chi connectivity index (χ1n) is 10.3. The first kappa shape index (κ1) is 16.4. The van der Waals surface area contributed by atoms with Crippen LogP contribution in [0.3, 0.4) is 0 Å². The summed E-state index contributed by atoms with van der Waals surface area (Å²) in [6, 6.07) is 11.0. The third kappa shape index (κ3) is 2.20. The van der Waals surface area contributed by atoms with E-state index < -0.39 is 0 Å². The highest BCUT2D eigenvalue weighted by atomic mass is 16.2. The Morgan fingerprint density at radius 2 is 1.69 bits per heavy atom. The van der Waals surface area contributed by atoms with Crippen LogP contribution >= 0.6 is 0 Å². The van der Waals surface area contributed by atoms with Crippen LogP contribution < -0.4 is 0 Å². The van der Waals surface area contributed by atoms with E-state index in [4.69, 9.17) is 6.57 Å². The molecule has 0 N–H and O–H groups in total. The molecule has 4 saturated carbocycles. The lowest BCUT2D eigenvalue weighted by molar-refractivity contribution is -0.145. The Morgan fingerprint density at radius 3 is 2.23 bits per heavy atom. The predicted molar refractivity (Wildman–Crippen MR) is 101 cm³/mol. The van der Waals surface area contributed by atoms with E-state index in [-0.39, 0.29) is 17.4 Å². The van der Waals surface area contributed by atoms with E-state index in [1.165, 1.54) is 31.2 Å². The molecule has 0 unspecified atom stereocenters. The molecule has 0 aromatic heterocycles. The van der Waals surface area contributed by atoms with Crippen molar-refractivity contribution in [3.8, 4) is 0 Å². The number of rotatable bonds is 3. The molecule has 26 heavy (non-hydrogen) atoms. The average molecular weight is 348 g/mol. The van der Waals surface area contributed by atoms with Crippen LogP contribution in [0.4, 0.5) is 0 Å². The molecular weight excluding hydrogens is 320 g/mol. The number of likely N-dealkylation sites (tertiary alicyclic amines) is 1. The molecule has 5 fully saturated rings. The lowest BCUT2D eigenvalue weighted by Gasteiger charge is -2.64. The van der Waals surface area contributed by atoms with Gasteiger partial charge in [0.2, 0.25) is 5.91 Å². The van der Waals surface area contributed by atoms with E-state index in [1.807, 2.05) is 4.90 Å². The van der Waals surface area contributed by atoms with E-state index in [9.17, 15) is 4.79 Å². The van der Waals surface area contributed by atoms with Crippen LogP contribution in [0.15, 0.2) is 30.3 Å². The SMILES string of the molecule is [C-]#[N+]C1CN(C(=O)CC2(c3ccccc3)C3CC4CC2CC(C3)C4C)C1. The highest BCUT2D eigenvalue weighted by molar-refractivity contribution is 5.79. The Labute approximate surface area is 156 Å². The van der Waals surface area contributed by atoms with E-state index in [1.54, 1.807) is 0 Å². The van der Waals surface area contributed by atoms with Gasteiger partial charge in [-0.1, -0.05) is 37.3 Å². The molecule has 1 heterocycles. The van der Waals surface area contributed by atoms with Crippen LogP contribution in [0.2, 0.25) is 0 Å². The quantitative estimate of drug-likeness (QED) is 0.753. The molecule has 1 aromatic carbocycles. The summed E-state index contributed by atoms with van der Waals surface area (Å²) in [5.41, 5.74) is 1.44. The van der Waals surface area contributed by atoms with Gasteiger partial charge in [-0.15, -0.1) is 0 Å². The van der Waals surface area contributed by atoms with Crippen LogP contribution in [-0.2, 0) is 10.2 Å². The lowest BCUT2D eigenvalue weighted by atomic mass is 9.41. The largest absolute Gasteiger partial charge is 0.327 e. The zero-order chi connectivity index (χ0) is 17.9. The molecule has 1 saturated heterocycles. The van der Waals surface area contributed by atoms with Crippen molar-refractivity contribution >= 4 is 5.91 Å². The number of nitrogens with zero attached hydrogens (tertiary/aromatic N) is 2. The summed E-state index contributed by atoms with van der Waals surface area (Å²) < 4.78 is 0. The summed E-state index contributed by atoms with van der Waals surface area (Å²) in [5.74, 6) is 4.23. The number of benzene rings is 1. The molecule has 136 valence electrons. The second kappa shape index (κ2) is 5.84. The normalized spacial score (nSPS) is 40.9. The zero-order valence-electron chi connectivity index (χ0n) is 15.6. The van der Waals surface area contributed by atoms with Gasteiger partial charge in [0.1, 0.15) is 0 Å². The van der Waals surface area contributed by atoms with Crippen LogP contribution in [0.1, 0.15) is 44.6 Å². The summed E-state index contributed by atoms with van der Waals surface area (Å²) in [4.78, 5) is 18.7. The molecule has 3 heteroatoms. The van der Waals surface area contributed by atoms with Crippen molar-refractivity contribution in [3.05, 3.63) is 47.3 Å². The maximum atomic E-state index is 13.1. The molecule has 6 rings (SSSR count). The Bertz CT molecular complexity index is 713. The fourth-order valence-corrected chi connectivity index (χ4v) is 6.98. The number of hydrogen-bond acceptors (Lipinski definition) is 1. The third-order valence-corrected chi connectivity index (χ3v) is 8.45. The number of hydrogen-bond donors (Lipinski definition) is 0. The molecule has 3 nitrogen and oxygen atoms in total. The number of carbonyl (C=O) groups is 1. The molecular formula is C23H28N2O. The van der Waals surface area contributed by atoms with Gasteiger partial charge in [0.15, 0.2) is 0 Å². The first-order chi connectivity index (χ1) is 12.6. The van der Waals surface area contributed by atoms with Gasteiger partial charge in [-0.2, -0.15) is 0 Å². The standard InChI is InChI=1S/C23H28N2O/c1-15-16-8-19-10-17(15)11-20(9-16)23(19,18-6-4-3-5-7-18)12-22(26)25-13-21(14-25)24-2/h3-7,15-17,19-21H,8-14H2,1H3. The van der Waals surface area contributed by atoms with Crippen molar-refractivity contribution < 1.29 is 4.79 Å². The van der Waals surface area contributed by atoms with Gasteiger partial charge < -0.3 is 9.74 Å². The maximum Gasteiger partial charge on any atom is 0.258 e. The first-order valence-corrected chi connectivity index (χ1v) is 10.3. The smallest absolute Gasteiger partial charge is 0.258 e. The van der Waals surface area contributed by atoms with E-state index in [0.29, 0.717) is 31.3 Å². The van der Waals surface area contributed by atoms with Crippen LogP contribution in [0.25, 0.3) is 4.85 Å². The van der Waals surface area contributed by atoms with Gasteiger partial charge in [0.25, 0.3) is 6.04 Å². The minimum Gasteiger partial charge on any atom is -0.327 e. The van der Waals surface area contributed by atoms with Gasteiger partial charge in [-0.3, -0.25) is 4.79 Å². The highest BCUT2D eigenvalue weighted by Gasteiger charge is 2.60. The minimum absolute atomic E-state index is 0.0333. The third-order valence-electron chi connectivity index (χ3n) is 8.45. The molecule has 1 amide bonds. The minimum atomic E-state index is 0.0333. The maximum absolute atomic E-state index is 13.1. The molecule has 5 aliphatic rings. The Hall–Kier alpha value is -1.82. The molecule has 0 spiro atoms. The fraction of sp³-hybridized carbons (Fsp3) is 0.652. The monoisotopic (exact) mass is 348 g/mol. The topological polar surface area (TPSA) is 24.7 Å². The van der Waals surface area contributed by atoms with Crippen molar-refractivity contribution in [3.63, 3.8) is 0 Å². The van der Waals surface area contributed by atoms with Crippen molar-refractivity contribution in [2.45, 2.75) is 50.5 Å². The Balaban J connectivity index is 1.48. The predicted octanol–water partition coefficient (Wildman–Crippen LogP) is 4.15. The highest BCUT2D eigenvalue weighted by Crippen LogP contribution is 2.65. The average Bonchev–Trinajstić information content (AvgIpc) is 2.60. The van der Waals surface area contributed by atoms with Gasteiger partial charge in [-0.25, -0.2) is 6.57 Å². The summed E-state index contributed by atoms with van der Waals surface area (Å²) in [5, 5.41) is 0. The molecule has 1 aliphatic heterocycles. The summed E-state index contributed by atoms with van der Waals surface area (Å²) >= 11 is 0. The number of amides is 1. The van der Waals surface area contributed by atoms with Gasteiger partial charge in [0, 0.05) is 11.8 Å². The van der Waals surface area contributed by atoms with Gasteiger partial charge in [0.05, 0.1) is 13.1 Å². The Morgan fingerprint density at radius 1 is 1.12 bits per heavy atom. The summed E-state index contributed by atoms with van der Waals surface area (Å²) in [7, 11) is 0. The van der Waals surface area contributed by atoms with Crippen LogP contribution in [0, 0.1) is 36.2 Å². The van der Waals surface area contributed by atoms with Crippen LogP contribution in [0.5, 0.6) is 0 Å².